The zero-order valence-electron chi connectivity index (χ0n) is 13.9. The summed E-state index contributed by atoms with van der Waals surface area (Å²) in [6.45, 7) is 5.57. The molecule has 3 rings (SSSR count). The summed E-state index contributed by atoms with van der Waals surface area (Å²) in [5.74, 6) is -0.198. The Morgan fingerprint density at radius 3 is 2.83 bits per heavy atom. The Kier molecular flexibility index (Phi) is 4.48. The van der Waals surface area contributed by atoms with Crippen LogP contribution in [0.15, 0.2) is 17.8 Å². The van der Waals surface area contributed by atoms with Crippen LogP contribution in [0.4, 0.5) is 5.95 Å². The van der Waals surface area contributed by atoms with E-state index < -0.39 is 5.97 Å². The second kappa shape index (κ2) is 6.56. The molecule has 0 fully saturated rings. The summed E-state index contributed by atoms with van der Waals surface area (Å²) in [7, 11) is 1.99. The molecule has 7 nitrogen and oxygen atoms in total. The van der Waals surface area contributed by atoms with Gasteiger partial charge in [-0.15, -0.1) is 11.3 Å². The lowest BCUT2D eigenvalue weighted by molar-refractivity contribution is 0.0696. The van der Waals surface area contributed by atoms with Gasteiger partial charge in [0.25, 0.3) is 0 Å². The van der Waals surface area contributed by atoms with E-state index >= 15 is 0 Å². The third kappa shape index (κ3) is 2.96. The second-order valence-electron chi connectivity index (χ2n) is 5.56. The molecule has 8 heteroatoms. The van der Waals surface area contributed by atoms with Crippen LogP contribution in [0.2, 0.25) is 0 Å². The van der Waals surface area contributed by atoms with Crippen molar-refractivity contribution in [3.63, 3.8) is 0 Å². The molecule has 0 atom stereocenters. The van der Waals surface area contributed by atoms with Crippen LogP contribution in [-0.2, 0) is 13.0 Å². The zero-order chi connectivity index (χ0) is 17.3. The summed E-state index contributed by atoms with van der Waals surface area (Å²) in [5, 5.41) is 9.11. The van der Waals surface area contributed by atoms with Crippen molar-refractivity contribution in [2.24, 2.45) is 0 Å². The molecule has 0 amide bonds. The van der Waals surface area contributed by atoms with Crippen LogP contribution in [0.1, 0.15) is 27.9 Å². The summed E-state index contributed by atoms with van der Waals surface area (Å²) >= 11 is 1.66. The first-order chi connectivity index (χ1) is 11.5. The highest BCUT2D eigenvalue weighted by Gasteiger charge is 2.16. The number of imidazole rings is 1. The summed E-state index contributed by atoms with van der Waals surface area (Å²) in [6.07, 6.45) is 2.27. The highest BCUT2D eigenvalue weighted by atomic mass is 32.1. The summed E-state index contributed by atoms with van der Waals surface area (Å²) < 4.78 is 2.00. The first-order valence-corrected chi connectivity index (χ1v) is 8.59. The van der Waals surface area contributed by atoms with Gasteiger partial charge in [-0.25, -0.2) is 19.7 Å². The maximum absolute atomic E-state index is 11.1. The van der Waals surface area contributed by atoms with E-state index in [0.717, 1.165) is 31.2 Å². The Balaban J connectivity index is 1.89. The fourth-order valence-corrected chi connectivity index (χ4v) is 3.40. The van der Waals surface area contributed by atoms with Gasteiger partial charge in [-0.2, -0.15) is 0 Å². The lowest BCUT2D eigenvalue weighted by atomic mass is 10.3. The third-order valence-corrected chi connectivity index (χ3v) is 4.98. The fourth-order valence-electron chi connectivity index (χ4n) is 2.63. The number of carbonyl (C=O) groups is 1. The monoisotopic (exact) mass is 345 g/mol. The van der Waals surface area contributed by atoms with Gasteiger partial charge in [0.1, 0.15) is 5.52 Å². The topological polar surface area (TPSA) is 84.1 Å². The van der Waals surface area contributed by atoms with E-state index in [9.17, 15) is 4.79 Å². The minimum absolute atomic E-state index is 0.151. The Morgan fingerprint density at radius 2 is 2.21 bits per heavy atom. The van der Waals surface area contributed by atoms with E-state index in [1.54, 1.807) is 17.4 Å². The van der Waals surface area contributed by atoms with Crippen LogP contribution >= 0.6 is 11.3 Å². The Labute approximate surface area is 143 Å². The number of hydrogen-bond donors (Lipinski definition) is 1. The molecule has 0 aliphatic heterocycles. The molecule has 0 bridgehead atoms. The van der Waals surface area contributed by atoms with Crippen molar-refractivity contribution in [1.82, 2.24) is 19.5 Å². The number of aromatic nitrogens is 4. The molecular formula is C16H19N5O2S. The van der Waals surface area contributed by atoms with Crippen molar-refractivity contribution in [2.75, 3.05) is 18.5 Å². The first kappa shape index (κ1) is 16.4. The number of aromatic carboxylic acids is 1. The molecule has 0 spiro atoms. The van der Waals surface area contributed by atoms with Crippen LogP contribution in [0, 0.1) is 6.92 Å². The quantitative estimate of drug-likeness (QED) is 0.739. The standard InChI is InChI=1S/C16H19N5O2S/c1-4-21-14-12(7-11(8-17-14)15(22)23)19-16(21)20(3)6-5-13-10(2)18-9-24-13/h7-9H,4-6H2,1-3H3,(H,22,23). The molecule has 0 aliphatic rings. The summed E-state index contributed by atoms with van der Waals surface area (Å²) in [6, 6.07) is 1.57. The summed E-state index contributed by atoms with van der Waals surface area (Å²) in [4.78, 5) is 27.6. The van der Waals surface area contributed by atoms with E-state index in [-0.39, 0.29) is 5.56 Å². The SMILES string of the molecule is CCn1c(N(C)CCc2scnc2C)nc2cc(C(=O)O)cnc21. The number of thiazole rings is 1. The van der Waals surface area contributed by atoms with Crippen LogP contribution in [0.5, 0.6) is 0 Å². The Hall–Kier alpha value is -2.48. The normalized spacial score (nSPS) is 11.1. The van der Waals surface area contributed by atoms with Crippen molar-refractivity contribution < 1.29 is 9.90 Å². The number of aryl methyl sites for hydroxylation is 2. The summed E-state index contributed by atoms with van der Waals surface area (Å²) in [5.41, 5.74) is 4.40. The molecule has 0 saturated heterocycles. The van der Waals surface area contributed by atoms with Gasteiger partial charge in [-0.1, -0.05) is 0 Å². The minimum Gasteiger partial charge on any atom is -0.478 e. The number of hydrogen-bond acceptors (Lipinski definition) is 6. The maximum atomic E-state index is 11.1. The lowest BCUT2D eigenvalue weighted by Crippen LogP contribution is -2.24. The molecular weight excluding hydrogens is 326 g/mol. The van der Waals surface area contributed by atoms with Gasteiger partial charge in [0, 0.05) is 37.6 Å². The van der Waals surface area contributed by atoms with Crippen LogP contribution in [-0.4, -0.2) is 44.2 Å². The molecule has 3 heterocycles. The Bertz CT molecular complexity index is 886. The third-order valence-electron chi connectivity index (χ3n) is 3.99. The highest BCUT2D eigenvalue weighted by molar-refractivity contribution is 7.09. The van der Waals surface area contributed by atoms with E-state index in [0.29, 0.717) is 11.2 Å². The molecule has 0 aromatic carbocycles. The van der Waals surface area contributed by atoms with E-state index in [1.165, 1.54) is 11.1 Å². The van der Waals surface area contributed by atoms with E-state index in [1.807, 2.05) is 31.0 Å². The molecule has 0 saturated carbocycles. The molecule has 0 unspecified atom stereocenters. The van der Waals surface area contributed by atoms with Gasteiger partial charge in [0.15, 0.2) is 5.65 Å². The van der Waals surface area contributed by atoms with Crippen LogP contribution in [0.25, 0.3) is 11.2 Å². The lowest BCUT2D eigenvalue weighted by Gasteiger charge is -2.18. The number of rotatable bonds is 6. The molecule has 0 radical (unpaired) electrons. The molecule has 126 valence electrons. The number of pyridine rings is 1. The molecule has 24 heavy (non-hydrogen) atoms. The largest absolute Gasteiger partial charge is 0.478 e. The average molecular weight is 345 g/mol. The van der Waals surface area contributed by atoms with Crippen molar-refractivity contribution in [1.29, 1.82) is 0 Å². The van der Waals surface area contributed by atoms with E-state index in [4.69, 9.17) is 5.11 Å². The first-order valence-electron chi connectivity index (χ1n) is 7.71. The zero-order valence-corrected chi connectivity index (χ0v) is 14.7. The fraction of sp³-hybridized carbons (Fsp3) is 0.375. The van der Waals surface area contributed by atoms with Crippen LogP contribution in [0.3, 0.4) is 0 Å². The van der Waals surface area contributed by atoms with Crippen molar-refractivity contribution in [3.05, 3.63) is 33.9 Å². The van der Waals surface area contributed by atoms with Gasteiger partial charge < -0.3 is 10.0 Å². The average Bonchev–Trinajstić information content (AvgIpc) is 3.14. The smallest absolute Gasteiger partial charge is 0.337 e. The molecule has 3 aromatic heterocycles. The van der Waals surface area contributed by atoms with Gasteiger partial charge in [-0.05, 0) is 19.9 Å². The number of nitrogens with zero attached hydrogens (tertiary/aromatic N) is 5. The second-order valence-corrected chi connectivity index (χ2v) is 6.50. The number of likely N-dealkylation sites (N-methyl/N-ethyl adjacent to an activating group) is 1. The number of anilines is 1. The van der Waals surface area contributed by atoms with Crippen LogP contribution < -0.4 is 4.90 Å². The molecule has 1 N–H and O–H groups in total. The van der Waals surface area contributed by atoms with Crippen molar-refractivity contribution in [3.8, 4) is 0 Å². The Morgan fingerprint density at radius 1 is 1.42 bits per heavy atom. The number of fused-ring (bicyclic) bond motifs is 1. The number of carboxylic acid groups (broad SMARTS) is 1. The van der Waals surface area contributed by atoms with Crippen molar-refractivity contribution in [2.45, 2.75) is 26.8 Å². The maximum Gasteiger partial charge on any atom is 0.337 e. The van der Waals surface area contributed by atoms with Gasteiger partial charge in [0.2, 0.25) is 5.95 Å². The number of carboxylic acids is 1. The highest BCUT2D eigenvalue weighted by Crippen LogP contribution is 2.22. The van der Waals surface area contributed by atoms with E-state index in [2.05, 4.69) is 19.9 Å². The molecule has 0 aliphatic carbocycles. The predicted octanol–water partition coefficient (Wildman–Crippen LogP) is 2.59. The van der Waals surface area contributed by atoms with Gasteiger partial charge in [0.05, 0.1) is 16.8 Å². The minimum atomic E-state index is -0.994. The van der Waals surface area contributed by atoms with Gasteiger partial charge >= 0.3 is 5.97 Å². The predicted molar refractivity (Wildman–Crippen MR) is 94.0 cm³/mol. The van der Waals surface area contributed by atoms with Crippen molar-refractivity contribution >= 4 is 34.4 Å². The van der Waals surface area contributed by atoms with Gasteiger partial charge in [-0.3, -0.25) is 4.57 Å². The molecule has 3 aromatic rings.